The maximum Gasteiger partial charge on any atom is 0.318 e. The predicted octanol–water partition coefficient (Wildman–Crippen LogP) is 5.30. The number of carbonyl (C=O) groups is 1. The molecule has 0 fully saturated rings. The third-order valence-corrected chi connectivity index (χ3v) is 5.27. The largest absolute Gasteiger partial charge is 0.450 e. The van der Waals surface area contributed by atoms with Gasteiger partial charge in [0, 0.05) is 28.6 Å². The number of hydrogen-bond donors (Lipinski definition) is 0. The first-order chi connectivity index (χ1) is 16.2. The maximum absolute atomic E-state index is 12.2. The molecule has 0 saturated carbocycles. The Morgan fingerprint density at radius 2 is 1.79 bits per heavy atom. The number of rotatable bonds is 6. The number of amides is 1. The van der Waals surface area contributed by atoms with E-state index < -0.39 is 27.4 Å². The number of halogens is 1. The van der Waals surface area contributed by atoms with Crippen molar-refractivity contribution >= 4 is 39.1 Å². The fraction of sp³-hybridized carbons (Fsp3) is 0.0909. The van der Waals surface area contributed by atoms with Gasteiger partial charge in [-0.1, -0.05) is 22.0 Å². The highest BCUT2D eigenvalue weighted by molar-refractivity contribution is 9.10. The number of carbonyl (C=O) groups excluding carboxylic acids is 1. The van der Waals surface area contributed by atoms with Crippen molar-refractivity contribution in [2.24, 2.45) is 5.10 Å². The molecule has 1 amide bonds. The molecule has 12 heteroatoms. The molecule has 34 heavy (non-hydrogen) atoms. The first-order valence-electron chi connectivity index (χ1n) is 9.74. The topological polar surface area (TPSA) is 137 Å². The van der Waals surface area contributed by atoms with Crippen LogP contribution in [0.25, 0.3) is 0 Å². The fourth-order valence-electron chi connectivity index (χ4n) is 3.20. The van der Waals surface area contributed by atoms with Crippen LogP contribution in [0.15, 0.2) is 76.3 Å². The molecule has 0 spiro atoms. The van der Waals surface area contributed by atoms with E-state index in [0.29, 0.717) is 11.1 Å². The molecular weight excluding hydrogens is 512 g/mol. The first-order valence-corrected chi connectivity index (χ1v) is 10.5. The third-order valence-electron chi connectivity index (χ3n) is 4.78. The Morgan fingerprint density at radius 1 is 1.06 bits per heavy atom. The van der Waals surface area contributed by atoms with Gasteiger partial charge in [0.1, 0.15) is 5.75 Å². The van der Waals surface area contributed by atoms with Crippen molar-refractivity contribution in [1.82, 2.24) is 5.01 Å². The molecule has 4 rings (SSSR count). The van der Waals surface area contributed by atoms with Gasteiger partial charge in [0.2, 0.25) is 23.8 Å². The van der Waals surface area contributed by atoms with Gasteiger partial charge in [-0.05, 0) is 48.5 Å². The number of hydrogen-bond acceptors (Lipinski definition) is 8. The molecule has 0 saturated heterocycles. The van der Waals surface area contributed by atoms with E-state index in [-0.39, 0.29) is 23.3 Å². The van der Waals surface area contributed by atoms with Gasteiger partial charge in [0.05, 0.1) is 15.9 Å². The van der Waals surface area contributed by atoms with Gasteiger partial charge >= 0.3 is 5.69 Å². The Balaban J connectivity index is 1.56. The van der Waals surface area contributed by atoms with Gasteiger partial charge in [0.15, 0.2) is 0 Å². The summed E-state index contributed by atoms with van der Waals surface area (Å²) in [5, 5.41) is 27.7. The monoisotopic (exact) mass is 526 g/mol. The minimum atomic E-state index is -0.811. The molecule has 3 aromatic rings. The number of nitrogens with zero attached hydrogens (tertiary/aromatic N) is 4. The number of hydrazone groups is 1. The van der Waals surface area contributed by atoms with Gasteiger partial charge < -0.3 is 9.47 Å². The third kappa shape index (κ3) is 4.71. The first kappa shape index (κ1) is 22.9. The zero-order chi connectivity index (χ0) is 24.4. The molecule has 0 aromatic heterocycles. The van der Waals surface area contributed by atoms with Gasteiger partial charge in [-0.2, -0.15) is 5.01 Å². The highest BCUT2D eigenvalue weighted by Gasteiger charge is 2.33. The molecule has 172 valence electrons. The Labute approximate surface area is 200 Å². The van der Waals surface area contributed by atoms with Crippen LogP contribution >= 0.6 is 15.9 Å². The van der Waals surface area contributed by atoms with Crippen LogP contribution in [-0.2, 0) is 9.53 Å². The van der Waals surface area contributed by atoms with Gasteiger partial charge in [0.25, 0.3) is 5.69 Å². The van der Waals surface area contributed by atoms with E-state index in [1.807, 2.05) is 18.2 Å². The van der Waals surface area contributed by atoms with E-state index in [0.717, 1.165) is 16.6 Å². The van der Waals surface area contributed by atoms with Gasteiger partial charge in [-0.15, -0.1) is 5.10 Å². The summed E-state index contributed by atoms with van der Waals surface area (Å²) in [5.41, 5.74) is 0.327. The average molecular weight is 527 g/mol. The zero-order valence-corrected chi connectivity index (χ0v) is 19.0. The molecule has 1 aliphatic rings. The van der Waals surface area contributed by atoms with E-state index in [4.69, 9.17) is 9.47 Å². The van der Waals surface area contributed by atoms with E-state index in [9.17, 15) is 25.0 Å². The minimum Gasteiger partial charge on any atom is -0.450 e. The van der Waals surface area contributed by atoms with Crippen molar-refractivity contribution in [3.63, 3.8) is 0 Å². The Bertz CT molecular complexity index is 1330. The van der Waals surface area contributed by atoms with Crippen LogP contribution in [0.2, 0.25) is 0 Å². The molecule has 0 bridgehead atoms. The molecule has 1 atom stereocenters. The SMILES string of the molecule is CC(=O)N1N=C(c2cccc(Br)c2)O[C@@H]1c1ccc(Oc2ccc([N+](=O)[O-])cc2[N+](=O)[O-])cc1. The predicted molar refractivity (Wildman–Crippen MR) is 123 cm³/mol. The van der Waals surface area contributed by atoms with Crippen LogP contribution in [0.1, 0.15) is 24.3 Å². The van der Waals surface area contributed by atoms with Crippen molar-refractivity contribution in [2.45, 2.75) is 13.2 Å². The van der Waals surface area contributed by atoms with Crippen molar-refractivity contribution in [2.75, 3.05) is 0 Å². The average Bonchev–Trinajstić information content (AvgIpc) is 3.25. The number of nitro groups is 2. The second-order valence-corrected chi connectivity index (χ2v) is 8.00. The molecule has 1 aliphatic heterocycles. The Kier molecular flexibility index (Phi) is 6.23. The summed E-state index contributed by atoms with van der Waals surface area (Å²) in [7, 11) is 0. The summed E-state index contributed by atoms with van der Waals surface area (Å²) in [4.78, 5) is 32.9. The summed E-state index contributed by atoms with van der Waals surface area (Å²) in [5.74, 6) is 0.0625. The van der Waals surface area contributed by atoms with E-state index in [1.54, 1.807) is 30.3 Å². The quantitative estimate of drug-likeness (QED) is 0.313. The molecule has 0 aliphatic carbocycles. The van der Waals surface area contributed by atoms with E-state index >= 15 is 0 Å². The van der Waals surface area contributed by atoms with Crippen molar-refractivity contribution < 1.29 is 24.1 Å². The molecule has 0 unspecified atom stereocenters. The van der Waals surface area contributed by atoms with Crippen molar-refractivity contribution in [1.29, 1.82) is 0 Å². The van der Waals surface area contributed by atoms with Crippen molar-refractivity contribution in [3.8, 4) is 11.5 Å². The van der Waals surface area contributed by atoms with E-state index in [1.165, 1.54) is 18.0 Å². The van der Waals surface area contributed by atoms with Crippen LogP contribution in [0.4, 0.5) is 11.4 Å². The lowest BCUT2D eigenvalue weighted by Gasteiger charge is -2.19. The molecule has 11 nitrogen and oxygen atoms in total. The van der Waals surface area contributed by atoms with Crippen LogP contribution in [0, 0.1) is 20.2 Å². The summed E-state index contributed by atoms with van der Waals surface area (Å²) >= 11 is 3.39. The Morgan fingerprint density at radius 3 is 2.41 bits per heavy atom. The maximum atomic E-state index is 12.2. The number of non-ortho nitro benzene ring substituents is 1. The van der Waals surface area contributed by atoms with Crippen molar-refractivity contribution in [3.05, 3.63) is 103 Å². The molecular formula is C22H15BrN4O7. The second kappa shape index (κ2) is 9.27. The van der Waals surface area contributed by atoms with Crippen LogP contribution in [-0.4, -0.2) is 26.7 Å². The highest BCUT2D eigenvalue weighted by Crippen LogP contribution is 2.36. The summed E-state index contributed by atoms with van der Waals surface area (Å²) < 4.78 is 12.4. The van der Waals surface area contributed by atoms with Crippen LogP contribution in [0.5, 0.6) is 11.5 Å². The lowest BCUT2D eigenvalue weighted by Crippen LogP contribution is -2.25. The second-order valence-electron chi connectivity index (χ2n) is 7.09. The fourth-order valence-corrected chi connectivity index (χ4v) is 3.60. The standard InChI is InChI=1S/C22H15BrN4O7/c1-13(28)25-22(34-21(24-25)15-3-2-4-16(23)11-15)14-5-8-18(9-6-14)33-20-10-7-17(26(29)30)12-19(20)27(31)32/h2-12,22H,1H3/t22-/m1/s1. The number of benzene rings is 3. The summed E-state index contributed by atoms with van der Waals surface area (Å²) in [6, 6.07) is 16.8. The molecule has 0 radical (unpaired) electrons. The summed E-state index contributed by atoms with van der Waals surface area (Å²) in [6.07, 6.45) is -0.811. The minimum absolute atomic E-state index is 0.147. The number of ether oxygens (including phenoxy) is 2. The van der Waals surface area contributed by atoms with Gasteiger partial charge in [-0.3, -0.25) is 25.0 Å². The molecule has 3 aromatic carbocycles. The van der Waals surface area contributed by atoms with Crippen LogP contribution in [0.3, 0.4) is 0 Å². The number of nitro benzene ring substituents is 2. The lowest BCUT2D eigenvalue weighted by molar-refractivity contribution is -0.394. The zero-order valence-electron chi connectivity index (χ0n) is 17.5. The normalized spacial score (nSPS) is 14.8. The summed E-state index contributed by atoms with van der Waals surface area (Å²) in [6.45, 7) is 1.37. The smallest absolute Gasteiger partial charge is 0.318 e. The Hall–Kier alpha value is -4.32. The lowest BCUT2D eigenvalue weighted by atomic mass is 10.2. The van der Waals surface area contributed by atoms with E-state index in [2.05, 4.69) is 21.0 Å². The highest BCUT2D eigenvalue weighted by atomic mass is 79.9. The molecule has 1 heterocycles. The molecule has 0 N–H and O–H groups in total. The van der Waals surface area contributed by atoms with Gasteiger partial charge in [-0.25, -0.2) is 0 Å². The van der Waals surface area contributed by atoms with Crippen LogP contribution < -0.4 is 4.74 Å².